The summed E-state index contributed by atoms with van der Waals surface area (Å²) in [5.74, 6) is -0.198. The van der Waals surface area contributed by atoms with Crippen LogP contribution in [0.1, 0.15) is 13.3 Å². The van der Waals surface area contributed by atoms with Crippen LogP contribution in [0.15, 0.2) is 11.5 Å². The molecule has 1 aliphatic heterocycles. The Labute approximate surface area is 65.0 Å². The highest BCUT2D eigenvalue weighted by molar-refractivity contribution is 5.89. The van der Waals surface area contributed by atoms with E-state index in [2.05, 4.69) is 4.74 Å². The average molecular weight is 157 g/mol. The van der Waals surface area contributed by atoms with Crippen LogP contribution in [0, 0.1) is 0 Å². The number of ether oxygens (including phenoxy) is 2. The molecule has 0 spiro atoms. The summed E-state index contributed by atoms with van der Waals surface area (Å²) in [5.41, 5.74) is 5.85. The molecule has 1 rings (SSSR count). The molecule has 1 aliphatic rings. The molecule has 1 unspecified atom stereocenters. The minimum atomic E-state index is -0.396. The van der Waals surface area contributed by atoms with E-state index in [4.69, 9.17) is 10.5 Å². The van der Waals surface area contributed by atoms with Crippen molar-refractivity contribution in [1.29, 1.82) is 0 Å². The lowest BCUT2D eigenvalue weighted by atomic mass is 10.2. The average Bonchev–Trinajstić information content (AvgIpc) is 2.28. The molecule has 1 heterocycles. The number of carbonyl (C=O) groups is 1. The first-order chi connectivity index (χ1) is 5.15. The van der Waals surface area contributed by atoms with E-state index in [1.165, 1.54) is 7.11 Å². The Morgan fingerprint density at radius 3 is 2.82 bits per heavy atom. The normalized spacial score (nSPS) is 23.3. The quantitative estimate of drug-likeness (QED) is 0.550. The number of hydrogen-bond donors (Lipinski definition) is 1. The third-order valence-electron chi connectivity index (χ3n) is 1.55. The topological polar surface area (TPSA) is 61.5 Å². The second-order valence-corrected chi connectivity index (χ2v) is 2.47. The van der Waals surface area contributed by atoms with Gasteiger partial charge in [-0.25, -0.2) is 4.79 Å². The van der Waals surface area contributed by atoms with Gasteiger partial charge < -0.3 is 15.2 Å². The summed E-state index contributed by atoms with van der Waals surface area (Å²) in [4.78, 5) is 10.9. The molecule has 1 atom stereocenters. The van der Waals surface area contributed by atoms with Crippen LogP contribution in [-0.4, -0.2) is 19.2 Å². The smallest absolute Gasteiger partial charge is 0.339 e. The number of hydrogen-bond acceptors (Lipinski definition) is 4. The monoisotopic (exact) mass is 157 g/mol. The molecule has 0 fully saturated rings. The molecule has 4 heteroatoms. The van der Waals surface area contributed by atoms with Crippen molar-refractivity contribution in [2.24, 2.45) is 5.73 Å². The van der Waals surface area contributed by atoms with E-state index in [-0.39, 0.29) is 12.0 Å². The van der Waals surface area contributed by atoms with Crippen LogP contribution >= 0.6 is 0 Å². The number of nitrogens with two attached hydrogens (primary N) is 1. The van der Waals surface area contributed by atoms with Gasteiger partial charge in [0.25, 0.3) is 0 Å². The standard InChI is InChI=1S/C7H11NO3/c1-4-3-5(6(8)11-4)7(9)10-2/h4H,3,8H2,1-2H3. The Balaban J connectivity index is 2.72. The van der Waals surface area contributed by atoms with Crippen molar-refractivity contribution in [2.45, 2.75) is 19.4 Å². The molecule has 62 valence electrons. The largest absolute Gasteiger partial charge is 0.476 e. The maximum Gasteiger partial charge on any atom is 0.339 e. The van der Waals surface area contributed by atoms with Crippen molar-refractivity contribution < 1.29 is 14.3 Å². The summed E-state index contributed by atoms with van der Waals surface area (Å²) in [6.07, 6.45) is 0.530. The van der Waals surface area contributed by atoms with Gasteiger partial charge in [-0.1, -0.05) is 0 Å². The highest BCUT2D eigenvalue weighted by Gasteiger charge is 2.26. The molecule has 4 nitrogen and oxygen atoms in total. The predicted octanol–water partition coefficient (Wildman–Crippen LogP) is 0.138. The molecule has 0 saturated carbocycles. The van der Waals surface area contributed by atoms with E-state index < -0.39 is 5.97 Å². The van der Waals surface area contributed by atoms with E-state index in [0.29, 0.717) is 12.0 Å². The summed E-state index contributed by atoms with van der Waals surface area (Å²) >= 11 is 0. The van der Waals surface area contributed by atoms with Crippen molar-refractivity contribution in [3.05, 3.63) is 11.5 Å². The first kappa shape index (κ1) is 7.91. The van der Waals surface area contributed by atoms with Crippen molar-refractivity contribution in [2.75, 3.05) is 7.11 Å². The van der Waals surface area contributed by atoms with E-state index in [9.17, 15) is 4.79 Å². The summed E-state index contributed by atoms with van der Waals surface area (Å²) in [7, 11) is 1.32. The Morgan fingerprint density at radius 2 is 2.45 bits per heavy atom. The van der Waals surface area contributed by atoms with Crippen LogP contribution in [-0.2, 0) is 14.3 Å². The fraction of sp³-hybridized carbons (Fsp3) is 0.571. The second kappa shape index (κ2) is 2.82. The lowest BCUT2D eigenvalue weighted by Crippen LogP contribution is -2.08. The van der Waals surface area contributed by atoms with Gasteiger partial charge in [-0.3, -0.25) is 0 Å². The maximum atomic E-state index is 10.9. The van der Waals surface area contributed by atoms with Crippen LogP contribution < -0.4 is 5.73 Å². The molecular formula is C7H11NO3. The SMILES string of the molecule is COC(=O)C1=C(N)OC(C)C1. The van der Waals surface area contributed by atoms with Gasteiger partial charge in [0.15, 0.2) is 5.88 Å². The van der Waals surface area contributed by atoms with Crippen LogP contribution in [0.2, 0.25) is 0 Å². The minimum absolute atomic E-state index is 0.0101. The molecule has 0 aromatic heterocycles. The zero-order valence-electron chi connectivity index (χ0n) is 6.59. The van der Waals surface area contributed by atoms with Crippen LogP contribution in [0.25, 0.3) is 0 Å². The molecule has 0 saturated heterocycles. The molecule has 0 amide bonds. The van der Waals surface area contributed by atoms with Gasteiger partial charge in [0.05, 0.1) is 7.11 Å². The zero-order chi connectivity index (χ0) is 8.43. The molecule has 2 N–H and O–H groups in total. The Hall–Kier alpha value is -1.19. The van der Waals surface area contributed by atoms with Gasteiger partial charge in [-0.15, -0.1) is 0 Å². The first-order valence-corrected chi connectivity index (χ1v) is 3.38. The zero-order valence-corrected chi connectivity index (χ0v) is 6.59. The van der Waals surface area contributed by atoms with Gasteiger partial charge in [-0.05, 0) is 6.92 Å². The van der Waals surface area contributed by atoms with E-state index in [1.54, 1.807) is 0 Å². The number of carbonyl (C=O) groups excluding carboxylic acids is 1. The third kappa shape index (κ3) is 1.45. The van der Waals surface area contributed by atoms with Crippen molar-refractivity contribution in [3.63, 3.8) is 0 Å². The lowest BCUT2D eigenvalue weighted by molar-refractivity contribution is -0.136. The highest BCUT2D eigenvalue weighted by atomic mass is 16.5. The fourth-order valence-electron chi connectivity index (χ4n) is 1.02. The molecule has 0 aromatic rings. The van der Waals surface area contributed by atoms with Crippen molar-refractivity contribution in [3.8, 4) is 0 Å². The van der Waals surface area contributed by atoms with E-state index >= 15 is 0 Å². The third-order valence-corrected chi connectivity index (χ3v) is 1.55. The summed E-state index contributed by atoms with van der Waals surface area (Å²) in [6.45, 7) is 1.85. The van der Waals surface area contributed by atoms with Crippen LogP contribution in [0.5, 0.6) is 0 Å². The van der Waals surface area contributed by atoms with Crippen molar-refractivity contribution >= 4 is 5.97 Å². The molecule has 0 aliphatic carbocycles. The summed E-state index contributed by atoms with van der Waals surface area (Å²) in [5, 5.41) is 0. The molecule has 11 heavy (non-hydrogen) atoms. The first-order valence-electron chi connectivity index (χ1n) is 3.38. The van der Waals surface area contributed by atoms with Gasteiger partial charge in [-0.2, -0.15) is 0 Å². The fourth-order valence-corrected chi connectivity index (χ4v) is 1.02. The number of esters is 1. The van der Waals surface area contributed by atoms with E-state index in [1.807, 2.05) is 6.92 Å². The lowest BCUT2D eigenvalue weighted by Gasteiger charge is -2.00. The Bertz CT molecular complexity index is 210. The van der Waals surface area contributed by atoms with Gasteiger partial charge in [0, 0.05) is 6.42 Å². The molecule has 0 radical (unpaired) electrons. The molecule has 0 bridgehead atoms. The predicted molar refractivity (Wildman–Crippen MR) is 38.4 cm³/mol. The molecular weight excluding hydrogens is 146 g/mol. The number of methoxy groups -OCH3 is 1. The summed E-state index contributed by atoms with van der Waals surface area (Å²) in [6, 6.07) is 0. The molecule has 0 aromatic carbocycles. The minimum Gasteiger partial charge on any atom is -0.476 e. The van der Waals surface area contributed by atoms with Gasteiger partial charge >= 0.3 is 5.97 Å². The Kier molecular flexibility index (Phi) is 2.03. The van der Waals surface area contributed by atoms with Gasteiger partial charge in [0.1, 0.15) is 11.7 Å². The highest BCUT2D eigenvalue weighted by Crippen LogP contribution is 2.21. The van der Waals surface area contributed by atoms with E-state index in [0.717, 1.165) is 0 Å². The van der Waals surface area contributed by atoms with Gasteiger partial charge in [0.2, 0.25) is 0 Å². The number of rotatable bonds is 1. The maximum absolute atomic E-state index is 10.9. The summed E-state index contributed by atoms with van der Waals surface area (Å²) < 4.78 is 9.55. The van der Waals surface area contributed by atoms with Crippen molar-refractivity contribution in [1.82, 2.24) is 0 Å². The second-order valence-electron chi connectivity index (χ2n) is 2.47. The van der Waals surface area contributed by atoms with Crippen LogP contribution in [0.4, 0.5) is 0 Å². The van der Waals surface area contributed by atoms with Crippen LogP contribution in [0.3, 0.4) is 0 Å². The Morgan fingerprint density at radius 1 is 1.82 bits per heavy atom.